The van der Waals surface area contributed by atoms with Crippen LogP contribution in [0.2, 0.25) is 0 Å². The van der Waals surface area contributed by atoms with Gasteiger partial charge in [-0.15, -0.1) is 6.58 Å². The first-order valence-corrected chi connectivity index (χ1v) is 12.6. The first-order chi connectivity index (χ1) is 13.3. The second-order valence-corrected chi connectivity index (χ2v) is 8.44. The Balaban J connectivity index is 3.27. The molecule has 0 aliphatic heterocycles. The second-order valence-electron chi connectivity index (χ2n) is 8.44. The molecule has 162 valence electrons. The van der Waals surface area contributed by atoms with Gasteiger partial charge in [0.05, 0.1) is 6.10 Å². The lowest BCUT2D eigenvalue weighted by molar-refractivity contribution is 0.0746. The maximum atomic E-state index is 6.00. The molecule has 0 bridgehead atoms. The van der Waals surface area contributed by atoms with E-state index < -0.39 is 0 Å². The summed E-state index contributed by atoms with van der Waals surface area (Å²) in [5.74, 6) is 0. The van der Waals surface area contributed by atoms with Crippen molar-refractivity contribution in [2.75, 3.05) is 6.61 Å². The summed E-state index contributed by atoms with van der Waals surface area (Å²) in [5, 5.41) is 0. The van der Waals surface area contributed by atoms with E-state index in [1.165, 1.54) is 122 Å². The van der Waals surface area contributed by atoms with Gasteiger partial charge in [-0.1, -0.05) is 135 Å². The van der Waals surface area contributed by atoms with Crippen molar-refractivity contribution in [2.24, 2.45) is 0 Å². The summed E-state index contributed by atoms with van der Waals surface area (Å²) in [6.07, 6.45) is 29.9. The molecule has 0 aromatic rings. The van der Waals surface area contributed by atoms with Gasteiger partial charge in [0.2, 0.25) is 0 Å². The van der Waals surface area contributed by atoms with Crippen LogP contribution in [-0.4, -0.2) is 12.7 Å². The highest BCUT2D eigenvalue weighted by molar-refractivity contribution is 4.79. The summed E-state index contributed by atoms with van der Waals surface area (Å²) >= 11 is 0. The van der Waals surface area contributed by atoms with Crippen molar-refractivity contribution in [1.82, 2.24) is 0 Å². The Morgan fingerprint density at radius 2 is 0.926 bits per heavy atom. The largest absolute Gasteiger partial charge is 0.374 e. The molecule has 0 aliphatic rings. The molecule has 0 radical (unpaired) electrons. The van der Waals surface area contributed by atoms with E-state index in [2.05, 4.69) is 20.4 Å². The van der Waals surface area contributed by atoms with E-state index in [4.69, 9.17) is 4.74 Å². The fourth-order valence-electron chi connectivity index (χ4n) is 3.75. The fraction of sp³-hybridized carbons (Fsp3) is 0.923. The Morgan fingerprint density at radius 3 is 1.33 bits per heavy atom. The quantitative estimate of drug-likeness (QED) is 0.127. The van der Waals surface area contributed by atoms with Crippen LogP contribution < -0.4 is 0 Å². The zero-order chi connectivity index (χ0) is 19.8. The number of hydrogen-bond acceptors (Lipinski definition) is 1. The van der Waals surface area contributed by atoms with Gasteiger partial charge in [0.25, 0.3) is 0 Å². The Morgan fingerprint density at radius 1 is 0.556 bits per heavy atom. The van der Waals surface area contributed by atoms with Crippen LogP contribution in [0.15, 0.2) is 12.7 Å². The van der Waals surface area contributed by atoms with E-state index in [-0.39, 0.29) is 6.10 Å². The third kappa shape index (κ3) is 21.9. The summed E-state index contributed by atoms with van der Waals surface area (Å²) in [6, 6.07) is 0. The first-order valence-electron chi connectivity index (χ1n) is 12.6. The number of unbranched alkanes of at least 4 members (excludes halogenated alkanes) is 17. The Labute approximate surface area is 172 Å². The van der Waals surface area contributed by atoms with Crippen LogP contribution in [0.5, 0.6) is 0 Å². The van der Waals surface area contributed by atoms with Gasteiger partial charge in [-0.3, -0.25) is 0 Å². The molecule has 0 fully saturated rings. The van der Waals surface area contributed by atoms with Gasteiger partial charge in [-0.05, 0) is 12.8 Å². The van der Waals surface area contributed by atoms with Crippen molar-refractivity contribution in [3.63, 3.8) is 0 Å². The molecule has 0 aromatic carbocycles. The SMILES string of the molecule is C=CC(CCCCCCCCCCCCCC)OCCCCCCCCC. The van der Waals surface area contributed by atoms with Crippen LogP contribution >= 0.6 is 0 Å². The molecule has 0 amide bonds. The van der Waals surface area contributed by atoms with Gasteiger partial charge in [-0.25, -0.2) is 0 Å². The lowest BCUT2D eigenvalue weighted by Crippen LogP contribution is -2.10. The molecule has 0 aliphatic carbocycles. The highest BCUT2D eigenvalue weighted by Crippen LogP contribution is 2.14. The van der Waals surface area contributed by atoms with E-state index in [1.54, 1.807) is 0 Å². The summed E-state index contributed by atoms with van der Waals surface area (Å²) in [4.78, 5) is 0. The van der Waals surface area contributed by atoms with E-state index in [1.807, 2.05) is 6.08 Å². The summed E-state index contributed by atoms with van der Waals surface area (Å²) in [6.45, 7) is 9.45. The van der Waals surface area contributed by atoms with Gasteiger partial charge >= 0.3 is 0 Å². The molecule has 0 N–H and O–H groups in total. The fourth-order valence-corrected chi connectivity index (χ4v) is 3.75. The zero-order valence-electron chi connectivity index (χ0n) is 19.1. The summed E-state index contributed by atoms with van der Waals surface area (Å²) < 4.78 is 6.00. The molecule has 27 heavy (non-hydrogen) atoms. The molecule has 1 nitrogen and oxygen atoms in total. The molecule has 1 heteroatoms. The monoisotopic (exact) mass is 380 g/mol. The van der Waals surface area contributed by atoms with Crippen molar-refractivity contribution in [1.29, 1.82) is 0 Å². The first kappa shape index (κ1) is 26.7. The summed E-state index contributed by atoms with van der Waals surface area (Å²) in [7, 11) is 0. The van der Waals surface area contributed by atoms with E-state index in [9.17, 15) is 0 Å². The summed E-state index contributed by atoms with van der Waals surface area (Å²) in [5.41, 5.74) is 0. The number of hydrogen-bond donors (Lipinski definition) is 0. The number of rotatable bonds is 23. The number of ether oxygens (including phenoxy) is 1. The molecule has 1 atom stereocenters. The minimum atomic E-state index is 0.285. The molecule has 0 spiro atoms. The third-order valence-corrected chi connectivity index (χ3v) is 5.68. The van der Waals surface area contributed by atoms with Gasteiger partial charge in [0.15, 0.2) is 0 Å². The Kier molecular flexibility index (Phi) is 23.5. The molecular formula is C26H52O. The van der Waals surface area contributed by atoms with Crippen LogP contribution in [-0.2, 0) is 4.74 Å². The van der Waals surface area contributed by atoms with Crippen LogP contribution in [0.3, 0.4) is 0 Å². The average Bonchev–Trinajstić information content (AvgIpc) is 2.69. The van der Waals surface area contributed by atoms with Gasteiger partial charge < -0.3 is 4.74 Å². The molecule has 0 saturated carbocycles. The third-order valence-electron chi connectivity index (χ3n) is 5.68. The maximum absolute atomic E-state index is 6.00. The normalized spacial score (nSPS) is 12.4. The van der Waals surface area contributed by atoms with Crippen molar-refractivity contribution >= 4 is 0 Å². The van der Waals surface area contributed by atoms with Crippen molar-refractivity contribution < 1.29 is 4.74 Å². The molecule has 0 heterocycles. The Hall–Kier alpha value is -0.300. The predicted octanol–water partition coefficient (Wildman–Crippen LogP) is 9.40. The van der Waals surface area contributed by atoms with Crippen molar-refractivity contribution in [3.8, 4) is 0 Å². The standard InChI is InChI=1S/C26H52O/c1-4-7-9-11-13-14-15-16-17-18-20-22-24-26(6-3)27-25-23-21-19-12-10-8-5-2/h6,26H,3-5,7-25H2,1-2H3. The average molecular weight is 381 g/mol. The Bertz CT molecular complexity index is 273. The minimum absolute atomic E-state index is 0.285. The topological polar surface area (TPSA) is 9.23 Å². The van der Waals surface area contributed by atoms with E-state index in [0.29, 0.717) is 0 Å². The van der Waals surface area contributed by atoms with Crippen LogP contribution in [0.25, 0.3) is 0 Å². The highest BCUT2D eigenvalue weighted by Gasteiger charge is 2.04. The lowest BCUT2D eigenvalue weighted by atomic mass is 10.0. The molecule has 1 unspecified atom stereocenters. The minimum Gasteiger partial charge on any atom is -0.374 e. The van der Waals surface area contributed by atoms with Gasteiger partial charge in [0, 0.05) is 6.61 Å². The molecule has 0 aromatic heterocycles. The lowest BCUT2D eigenvalue weighted by Gasteiger charge is -2.14. The molecule has 0 saturated heterocycles. The van der Waals surface area contributed by atoms with Gasteiger partial charge in [0.1, 0.15) is 0 Å². The highest BCUT2D eigenvalue weighted by atomic mass is 16.5. The van der Waals surface area contributed by atoms with Crippen molar-refractivity contribution in [2.45, 2.75) is 148 Å². The smallest absolute Gasteiger partial charge is 0.0753 e. The predicted molar refractivity (Wildman–Crippen MR) is 124 cm³/mol. The van der Waals surface area contributed by atoms with Crippen LogP contribution in [0, 0.1) is 0 Å². The maximum Gasteiger partial charge on any atom is 0.0753 e. The second kappa shape index (κ2) is 23.7. The molecular weight excluding hydrogens is 328 g/mol. The zero-order valence-corrected chi connectivity index (χ0v) is 19.1. The van der Waals surface area contributed by atoms with E-state index in [0.717, 1.165) is 13.0 Å². The molecule has 0 rings (SSSR count). The van der Waals surface area contributed by atoms with Crippen LogP contribution in [0.1, 0.15) is 142 Å². The van der Waals surface area contributed by atoms with E-state index >= 15 is 0 Å². The van der Waals surface area contributed by atoms with Crippen molar-refractivity contribution in [3.05, 3.63) is 12.7 Å². The van der Waals surface area contributed by atoms with Gasteiger partial charge in [-0.2, -0.15) is 0 Å². The van der Waals surface area contributed by atoms with Crippen LogP contribution in [0.4, 0.5) is 0 Å².